The molecule has 1 fully saturated rings. The van der Waals surface area contributed by atoms with Crippen LogP contribution >= 0.6 is 0 Å². The average molecular weight is 265 g/mol. The number of methoxy groups -OCH3 is 1. The second kappa shape index (κ2) is 7.51. The summed E-state index contributed by atoms with van der Waals surface area (Å²) in [6.07, 6.45) is 9.87. The number of hydrogen-bond donors (Lipinski definition) is 2. The summed E-state index contributed by atoms with van der Waals surface area (Å²) in [5.74, 6) is 0.814. The second-order valence-corrected chi connectivity index (χ2v) is 5.19. The van der Waals surface area contributed by atoms with Crippen molar-refractivity contribution in [2.45, 2.75) is 38.2 Å². The SMILES string of the molecule is C=C(/C=C(\C=C/C)[C@@]1(O)CCCC[C@@H]1CNC)OC. The summed E-state index contributed by atoms with van der Waals surface area (Å²) >= 11 is 0. The summed E-state index contributed by atoms with van der Waals surface area (Å²) in [6.45, 7) is 6.62. The van der Waals surface area contributed by atoms with Gasteiger partial charge in [0.2, 0.25) is 0 Å². The van der Waals surface area contributed by atoms with E-state index < -0.39 is 5.60 Å². The molecular formula is C16H27NO2. The highest BCUT2D eigenvalue weighted by molar-refractivity contribution is 5.35. The van der Waals surface area contributed by atoms with Crippen molar-refractivity contribution in [3.8, 4) is 0 Å². The first-order chi connectivity index (χ1) is 9.08. The summed E-state index contributed by atoms with van der Waals surface area (Å²) in [7, 11) is 3.53. The largest absolute Gasteiger partial charge is 0.497 e. The fourth-order valence-corrected chi connectivity index (χ4v) is 2.85. The van der Waals surface area contributed by atoms with E-state index in [0.29, 0.717) is 5.76 Å². The summed E-state index contributed by atoms with van der Waals surface area (Å²) < 4.78 is 5.13. The minimum Gasteiger partial charge on any atom is -0.497 e. The molecule has 0 heterocycles. The Balaban J connectivity index is 3.08. The van der Waals surface area contributed by atoms with Crippen LogP contribution in [-0.2, 0) is 4.74 Å². The van der Waals surface area contributed by atoms with Crippen molar-refractivity contribution in [3.63, 3.8) is 0 Å². The van der Waals surface area contributed by atoms with Gasteiger partial charge in [-0.1, -0.05) is 31.6 Å². The second-order valence-electron chi connectivity index (χ2n) is 5.19. The zero-order valence-corrected chi connectivity index (χ0v) is 12.4. The zero-order chi connectivity index (χ0) is 14.3. The molecule has 0 aromatic rings. The van der Waals surface area contributed by atoms with Crippen LogP contribution in [-0.4, -0.2) is 31.4 Å². The van der Waals surface area contributed by atoms with E-state index in [9.17, 15) is 5.11 Å². The van der Waals surface area contributed by atoms with Gasteiger partial charge in [0.05, 0.1) is 12.7 Å². The zero-order valence-electron chi connectivity index (χ0n) is 12.4. The molecule has 0 unspecified atom stereocenters. The van der Waals surface area contributed by atoms with Gasteiger partial charge in [0.25, 0.3) is 0 Å². The quantitative estimate of drug-likeness (QED) is 0.573. The molecule has 0 aromatic carbocycles. The van der Waals surface area contributed by atoms with Crippen LogP contribution in [0.4, 0.5) is 0 Å². The van der Waals surface area contributed by atoms with Crippen LogP contribution in [0.1, 0.15) is 32.6 Å². The van der Waals surface area contributed by atoms with Crippen molar-refractivity contribution in [1.29, 1.82) is 0 Å². The van der Waals surface area contributed by atoms with Gasteiger partial charge in [-0.05, 0) is 38.5 Å². The molecule has 0 amide bonds. The lowest BCUT2D eigenvalue weighted by atomic mass is 9.70. The van der Waals surface area contributed by atoms with Gasteiger partial charge in [-0.25, -0.2) is 0 Å². The minimum absolute atomic E-state index is 0.235. The molecule has 1 aliphatic carbocycles. The van der Waals surface area contributed by atoms with E-state index in [4.69, 9.17) is 4.74 Å². The number of nitrogens with one attached hydrogen (secondary N) is 1. The predicted molar refractivity (Wildman–Crippen MR) is 79.9 cm³/mol. The third-order valence-electron chi connectivity index (χ3n) is 3.91. The number of allylic oxidation sites excluding steroid dienone is 2. The fraction of sp³-hybridized carbons (Fsp3) is 0.625. The highest BCUT2D eigenvalue weighted by Crippen LogP contribution is 2.39. The minimum atomic E-state index is -0.782. The van der Waals surface area contributed by atoms with Gasteiger partial charge >= 0.3 is 0 Å². The van der Waals surface area contributed by atoms with Crippen molar-refractivity contribution in [3.05, 3.63) is 36.1 Å². The molecule has 3 heteroatoms. The number of rotatable bonds is 6. The molecule has 0 spiro atoms. The van der Waals surface area contributed by atoms with Gasteiger partial charge in [0.15, 0.2) is 0 Å². The third-order valence-corrected chi connectivity index (χ3v) is 3.91. The number of aliphatic hydroxyl groups is 1. The lowest BCUT2D eigenvalue weighted by Crippen LogP contribution is -2.46. The normalized spacial score (nSPS) is 28.6. The molecule has 19 heavy (non-hydrogen) atoms. The molecule has 1 aliphatic rings. The monoisotopic (exact) mass is 265 g/mol. The Morgan fingerprint density at radius 3 is 2.84 bits per heavy atom. The smallest absolute Gasteiger partial charge is 0.112 e. The van der Waals surface area contributed by atoms with E-state index in [0.717, 1.165) is 31.4 Å². The first-order valence-corrected chi connectivity index (χ1v) is 7.03. The maximum absolute atomic E-state index is 11.1. The van der Waals surface area contributed by atoms with Crippen LogP contribution in [0.5, 0.6) is 0 Å². The first-order valence-electron chi connectivity index (χ1n) is 7.03. The van der Waals surface area contributed by atoms with Crippen molar-refractivity contribution in [1.82, 2.24) is 5.32 Å². The highest BCUT2D eigenvalue weighted by Gasteiger charge is 2.40. The molecule has 1 saturated carbocycles. The molecule has 108 valence electrons. The molecule has 0 bridgehead atoms. The molecule has 0 saturated heterocycles. The first kappa shape index (κ1) is 16.0. The molecule has 3 nitrogen and oxygen atoms in total. The summed E-state index contributed by atoms with van der Waals surface area (Å²) in [6, 6.07) is 0. The number of ether oxygens (including phenoxy) is 1. The van der Waals surface area contributed by atoms with Gasteiger partial charge in [-0.2, -0.15) is 0 Å². The fourth-order valence-electron chi connectivity index (χ4n) is 2.85. The van der Waals surface area contributed by atoms with Crippen LogP contribution in [0.2, 0.25) is 0 Å². The average Bonchev–Trinajstić information content (AvgIpc) is 2.41. The Bertz CT molecular complexity index is 358. The Morgan fingerprint density at radius 2 is 2.26 bits per heavy atom. The molecule has 0 aromatic heterocycles. The van der Waals surface area contributed by atoms with E-state index in [2.05, 4.69) is 11.9 Å². The van der Waals surface area contributed by atoms with E-state index in [-0.39, 0.29) is 5.92 Å². The lowest BCUT2D eigenvalue weighted by molar-refractivity contribution is -0.0114. The highest BCUT2D eigenvalue weighted by atomic mass is 16.5. The summed E-state index contributed by atoms with van der Waals surface area (Å²) in [5.41, 5.74) is 0.122. The van der Waals surface area contributed by atoms with Crippen LogP contribution in [0.25, 0.3) is 0 Å². The van der Waals surface area contributed by atoms with Crippen LogP contribution < -0.4 is 5.32 Å². The maximum Gasteiger partial charge on any atom is 0.112 e. The van der Waals surface area contributed by atoms with Crippen LogP contribution in [0.3, 0.4) is 0 Å². The van der Waals surface area contributed by atoms with Crippen molar-refractivity contribution in [2.24, 2.45) is 5.92 Å². The standard InChI is InChI=1S/C16H27NO2/c1-5-8-14(11-13(2)19-4)16(18)10-7-6-9-15(16)12-17-3/h5,8,11,15,17-18H,2,6-7,9-10,12H2,1,3-4H3/b8-5-,14-11+/t15-,16+/m1/s1. The topological polar surface area (TPSA) is 41.5 Å². The van der Waals surface area contributed by atoms with Crippen molar-refractivity contribution in [2.75, 3.05) is 20.7 Å². The molecule has 0 radical (unpaired) electrons. The summed E-state index contributed by atoms with van der Waals surface area (Å²) in [5, 5.41) is 14.3. The van der Waals surface area contributed by atoms with E-state index in [1.165, 1.54) is 6.42 Å². The Hall–Kier alpha value is -1.06. The van der Waals surface area contributed by atoms with Gasteiger partial charge in [-0.3, -0.25) is 0 Å². The van der Waals surface area contributed by atoms with Gasteiger partial charge in [-0.15, -0.1) is 0 Å². The van der Waals surface area contributed by atoms with Crippen LogP contribution in [0, 0.1) is 5.92 Å². The predicted octanol–water partition coefficient (Wildman–Crippen LogP) is 2.79. The van der Waals surface area contributed by atoms with Gasteiger partial charge in [0.1, 0.15) is 5.76 Å². The molecule has 2 atom stereocenters. The number of hydrogen-bond acceptors (Lipinski definition) is 3. The van der Waals surface area contributed by atoms with E-state index >= 15 is 0 Å². The molecule has 1 rings (SSSR count). The van der Waals surface area contributed by atoms with E-state index in [1.807, 2.05) is 32.2 Å². The molecule has 0 aliphatic heterocycles. The van der Waals surface area contributed by atoms with E-state index in [1.54, 1.807) is 7.11 Å². The van der Waals surface area contributed by atoms with Crippen molar-refractivity contribution >= 4 is 0 Å². The Labute approximate surface area is 117 Å². The van der Waals surface area contributed by atoms with Crippen LogP contribution in [0.15, 0.2) is 36.1 Å². The lowest BCUT2D eigenvalue weighted by Gasteiger charge is -2.41. The third kappa shape index (κ3) is 3.95. The molecule has 2 N–H and O–H groups in total. The Morgan fingerprint density at radius 1 is 1.53 bits per heavy atom. The van der Waals surface area contributed by atoms with Gasteiger partial charge in [0, 0.05) is 12.5 Å². The maximum atomic E-state index is 11.1. The van der Waals surface area contributed by atoms with Gasteiger partial charge < -0.3 is 15.2 Å². The Kier molecular flexibility index (Phi) is 6.32. The van der Waals surface area contributed by atoms with Crippen molar-refractivity contribution < 1.29 is 9.84 Å². The summed E-state index contributed by atoms with van der Waals surface area (Å²) in [4.78, 5) is 0. The molecular weight excluding hydrogens is 238 g/mol.